The van der Waals surface area contributed by atoms with Gasteiger partial charge in [-0.05, 0) is 45.8 Å². The Morgan fingerprint density at radius 2 is 2.11 bits per heavy atom. The zero-order chi connectivity index (χ0) is 13.4. The van der Waals surface area contributed by atoms with Gasteiger partial charge in [0.2, 0.25) is 0 Å². The van der Waals surface area contributed by atoms with Crippen LogP contribution in [0.1, 0.15) is 5.56 Å². The molecule has 2 aromatic carbocycles. The SMILES string of the molecule is Fc1ccc(Cn2nnc3c(Br)cccc32)c(Cl)c1. The highest BCUT2D eigenvalue weighted by Gasteiger charge is 2.09. The van der Waals surface area contributed by atoms with Gasteiger partial charge in [0, 0.05) is 9.50 Å². The van der Waals surface area contributed by atoms with E-state index in [1.807, 2.05) is 18.2 Å². The van der Waals surface area contributed by atoms with Crippen LogP contribution in [0.2, 0.25) is 5.02 Å². The van der Waals surface area contributed by atoms with Crippen molar-refractivity contribution in [2.75, 3.05) is 0 Å². The lowest BCUT2D eigenvalue weighted by molar-refractivity contribution is 0.624. The fourth-order valence-electron chi connectivity index (χ4n) is 1.89. The number of rotatable bonds is 2. The molecule has 0 amide bonds. The molecule has 0 saturated carbocycles. The minimum atomic E-state index is -0.347. The van der Waals surface area contributed by atoms with E-state index in [1.165, 1.54) is 12.1 Å². The maximum Gasteiger partial charge on any atom is 0.127 e. The van der Waals surface area contributed by atoms with Crippen LogP contribution in [0, 0.1) is 5.82 Å². The molecule has 0 spiro atoms. The van der Waals surface area contributed by atoms with Crippen molar-refractivity contribution in [2.45, 2.75) is 6.54 Å². The normalized spacial score (nSPS) is 11.1. The summed E-state index contributed by atoms with van der Waals surface area (Å²) in [6, 6.07) is 10.1. The molecule has 3 nitrogen and oxygen atoms in total. The highest BCUT2D eigenvalue weighted by Crippen LogP contribution is 2.23. The van der Waals surface area contributed by atoms with E-state index in [0.717, 1.165) is 21.1 Å². The summed E-state index contributed by atoms with van der Waals surface area (Å²) < 4.78 is 15.6. The lowest BCUT2D eigenvalue weighted by Crippen LogP contribution is -2.02. The van der Waals surface area contributed by atoms with Crippen molar-refractivity contribution in [3.63, 3.8) is 0 Å². The van der Waals surface area contributed by atoms with E-state index >= 15 is 0 Å². The highest BCUT2D eigenvalue weighted by atomic mass is 79.9. The van der Waals surface area contributed by atoms with Crippen molar-refractivity contribution in [1.82, 2.24) is 15.0 Å². The van der Waals surface area contributed by atoms with Crippen LogP contribution in [0.3, 0.4) is 0 Å². The molecule has 6 heteroatoms. The molecule has 0 unspecified atom stereocenters. The molecule has 3 rings (SSSR count). The van der Waals surface area contributed by atoms with Crippen LogP contribution < -0.4 is 0 Å². The van der Waals surface area contributed by atoms with Crippen molar-refractivity contribution in [1.29, 1.82) is 0 Å². The van der Waals surface area contributed by atoms with E-state index in [4.69, 9.17) is 11.6 Å². The van der Waals surface area contributed by atoms with Crippen LogP contribution in [0.5, 0.6) is 0 Å². The molecule has 0 atom stereocenters. The van der Waals surface area contributed by atoms with Gasteiger partial charge in [0.15, 0.2) is 0 Å². The summed E-state index contributed by atoms with van der Waals surface area (Å²) in [5.41, 5.74) is 2.49. The number of fused-ring (bicyclic) bond motifs is 1. The van der Waals surface area contributed by atoms with E-state index in [-0.39, 0.29) is 5.82 Å². The molecule has 0 radical (unpaired) electrons. The predicted molar refractivity (Wildman–Crippen MR) is 75.7 cm³/mol. The van der Waals surface area contributed by atoms with E-state index in [9.17, 15) is 4.39 Å². The van der Waals surface area contributed by atoms with Gasteiger partial charge in [-0.2, -0.15) is 0 Å². The fraction of sp³-hybridized carbons (Fsp3) is 0.0769. The molecule has 0 saturated heterocycles. The van der Waals surface area contributed by atoms with Crippen LogP contribution >= 0.6 is 27.5 Å². The third-order valence-corrected chi connectivity index (χ3v) is 3.82. The molecular weight excluding hydrogens is 333 g/mol. The Bertz CT molecular complexity index is 757. The molecule has 0 N–H and O–H groups in total. The number of hydrogen-bond acceptors (Lipinski definition) is 2. The molecular formula is C13H8BrClFN3. The average Bonchev–Trinajstić information content (AvgIpc) is 2.78. The van der Waals surface area contributed by atoms with Gasteiger partial charge in [-0.15, -0.1) is 5.10 Å². The smallest absolute Gasteiger partial charge is 0.127 e. The van der Waals surface area contributed by atoms with Crippen molar-refractivity contribution in [2.24, 2.45) is 0 Å². The van der Waals surface area contributed by atoms with E-state index in [0.29, 0.717) is 11.6 Å². The molecule has 0 aliphatic heterocycles. The summed E-state index contributed by atoms with van der Waals surface area (Å²) in [6.07, 6.45) is 0. The number of nitrogens with zero attached hydrogens (tertiary/aromatic N) is 3. The largest absolute Gasteiger partial charge is 0.240 e. The molecule has 1 aromatic heterocycles. The Morgan fingerprint density at radius 3 is 2.89 bits per heavy atom. The van der Waals surface area contributed by atoms with Gasteiger partial charge in [-0.3, -0.25) is 0 Å². The van der Waals surface area contributed by atoms with Gasteiger partial charge >= 0.3 is 0 Å². The summed E-state index contributed by atoms with van der Waals surface area (Å²) in [5.74, 6) is -0.347. The van der Waals surface area contributed by atoms with Gasteiger partial charge in [0.1, 0.15) is 11.3 Å². The topological polar surface area (TPSA) is 30.7 Å². The van der Waals surface area contributed by atoms with Gasteiger partial charge < -0.3 is 0 Å². The summed E-state index contributed by atoms with van der Waals surface area (Å²) in [4.78, 5) is 0. The zero-order valence-corrected chi connectivity index (χ0v) is 12.0. The van der Waals surface area contributed by atoms with Gasteiger partial charge in [-0.25, -0.2) is 9.07 Å². The van der Waals surface area contributed by atoms with Crippen LogP contribution in [0.25, 0.3) is 11.0 Å². The summed E-state index contributed by atoms with van der Waals surface area (Å²) >= 11 is 9.45. The van der Waals surface area contributed by atoms with Gasteiger partial charge in [0.25, 0.3) is 0 Å². The third-order valence-electron chi connectivity index (χ3n) is 2.83. The Morgan fingerprint density at radius 1 is 1.26 bits per heavy atom. The Hall–Kier alpha value is -1.46. The van der Waals surface area contributed by atoms with Crippen molar-refractivity contribution >= 4 is 38.6 Å². The second-order valence-electron chi connectivity index (χ2n) is 4.09. The van der Waals surface area contributed by atoms with Gasteiger partial charge in [0.05, 0.1) is 12.1 Å². The van der Waals surface area contributed by atoms with Crippen LogP contribution in [-0.2, 0) is 6.54 Å². The molecule has 0 aliphatic rings. The van der Waals surface area contributed by atoms with Gasteiger partial charge in [-0.1, -0.05) is 28.9 Å². The van der Waals surface area contributed by atoms with E-state index < -0.39 is 0 Å². The first-order valence-electron chi connectivity index (χ1n) is 5.57. The minimum absolute atomic E-state index is 0.347. The Labute approximate surface area is 122 Å². The second kappa shape index (κ2) is 4.90. The first-order valence-corrected chi connectivity index (χ1v) is 6.74. The number of hydrogen-bond donors (Lipinski definition) is 0. The monoisotopic (exact) mass is 339 g/mol. The molecule has 0 bridgehead atoms. The Kier molecular flexibility index (Phi) is 3.24. The first kappa shape index (κ1) is 12.6. The first-order chi connectivity index (χ1) is 9.15. The van der Waals surface area contributed by atoms with E-state index in [2.05, 4.69) is 26.2 Å². The molecule has 1 heterocycles. The third kappa shape index (κ3) is 2.35. The molecule has 19 heavy (non-hydrogen) atoms. The molecule has 0 fully saturated rings. The van der Waals surface area contributed by atoms with Crippen LogP contribution in [0.15, 0.2) is 40.9 Å². The molecule has 0 aliphatic carbocycles. The summed E-state index contributed by atoms with van der Waals surface area (Å²) in [5, 5.41) is 8.60. The highest BCUT2D eigenvalue weighted by molar-refractivity contribution is 9.10. The second-order valence-corrected chi connectivity index (χ2v) is 5.35. The zero-order valence-electron chi connectivity index (χ0n) is 9.65. The van der Waals surface area contributed by atoms with Crippen molar-refractivity contribution < 1.29 is 4.39 Å². The molecule has 3 aromatic rings. The van der Waals surface area contributed by atoms with Crippen LogP contribution in [-0.4, -0.2) is 15.0 Å². The standard InChI is InChI=1S/C13H8BrClFN3/c14-10-2-1-3-12-13(10)17-18-19(12)7-8-4-5-9(16)6-11(8)15/h1-6H,7H2. The average molecular weight is 341 g/mol. The van der Waals surface area contributed by atoms with Crippen LogP contribution in [0.4, 0.5) is 4.39 Å². The Balaban J connectivity index is 2.04. The van der Waals surface area contributed by atoms with Crippen molar-refractivity contribution in [3.8, 4) is 0 Å². The number of halogens is 3. The molecule has 96 valence electrons. The summed E-state index contributed by atoms with van der Waals surface area (Å²) in [7, 11) is 0. The maximum atomic E-state index is 13.0. The maximum absolute atomic E-state index is 13.0. The lowest BCUT2D eigenvalue weighted by atomic mass is 10.2. The minimum Gasteiger partial charge on any atom is -0.240 e. The number of aromatic nitrogens is 3. The fourth-order valence-corrected chi connectivity index (χ4v) is 2.55. The predicted octanol–water partition coefficient (Wildman–Crippen LogP) is 4.03. The number of benzene rings is 2. The van der Waals surface area contributed by atoms with Crippen molar-refractivity contribution in [3.05, 3.63) is 57.3 Å². The summed E-state index contributed by atoms with van der Waals surface area (Å²) in [6.45, 7) is 0.450. The quantitative estimate of drug-likeness (QED) is 0.705. The van der Waals surface area contributed by atoms with E-state index in [1.54, 1.807) is 10.7 Å². The lowest BCUT2D eigenvalue weighted by Gasteiger charge is -2.05.